The van der Waals surface area contributed by atoms with Gasteiger partial charge in [0.1, 0.15) is 21.6 Å². The summed E-state index contributed by atoms with van der Waals surface area (Å²) in [5.74, 6) is 0.136. The van der Waals surface area contributed by atoms with Crippen LogP contribution in [0.4, 0.5) is 0 Å². The van der Waals surface area contributed by atoms with Gasteiger partial charge >= 0.3 is 0 Å². The molecule has 0 aromatic heterocycles. The van der Waals surface area contributed by atoms with E-state index in [0.29, 0.717) is 17.9 Å². The molecule has 46 heavy (non-hydrogen) atoms. The Morgan fingerprint density at radius 2 is 1.50 bits per heavy atom. The average Bonchev–Trinajstić information content (AvgIpc) is 3.68. The molecule has 3 atom stereocenters. The van der Waals surface area contributed by atoms with Gasteiger partial charge in [-0.1, -0.05) is 116 Å². The Bertz CT molecular complexity index is 1070. The lowest BCUT2D eigenvalue weighted by atomic mass is 9.91. The molecule has 0 spiro atoms. The molecule has 0 saturated carbocycles. The maximum absolute atomic E-state index is 14.6. The summed E-state index contributed by atoms with van der Waals surface area (Å²) >= 11 is 2.99. The first kappa shape index (κ1) is 39.1. The number of Topliss-reactive ketones (excluding diaryl/α,β-unsaturated/α-hetero) is 1. The minimum Gasteiger partial charge on any atom is -0.493 e. The fourth-order valence-corrected chi connectivity index (χ4v) is 8.08. The van der Waals surface area contributed by atoms with Gasteiger partial charge in [-0.2, -0.15) is 19.9 Å². The summed E-state index contributed by atoms with van der Waals surface area (Å²) in [6.07, 6.45) is 20.0. The third-order valence-corrected chi connectivity index (χ3v) is 10.8. The zero-order valence-electron chi connectivity index (χ0n) is 30.0. The van der Waals surface area contributed by atoms with Crippen LogP contribution in [0.2, 0.25) is 0 Å². The second-order valence-corrected chi connectivity index (χ2v) is 16.2. The average molecular weight is 677 g/mol. The number of hydrogen-bond acceptors (Lipinski definition) is 10. The first-order valence-electron chi connectivity index (χ1n) is 18.2. The van der Waals surface area contributed by atoms with Gasteiger partial charge in [0.15, 0.2) is 5.78 Å². The molecule has 3 rings (SSSR count). The van der Waals surface area contributed by atoms with Crippen molar-refractivity contribution in [2.75, 3.05) is 6.61 Å². The molecule has 3 unspecified atom stereocenters. The number of benzene rings is 1. The van der Waals surface area contributed by atoms with E-state index >= 15 is 0 Å². The normalized spacial score (nSPS) is 20.2. The molecule has 0 amide bonds. The van der Waals surface area contributed by atoms with E-state index < -0.39 is 10.8 Å². The van der Waals surface area contributed by atoms with Crippen LogP contribution in [0.25, 0.3) is 0 Å². The second kappa shape index (κ2) is 20.3. The van der Waals surface area contributed by atoms with E-state index in [1.54, 1.807) is 0 Å². The lowest BCUT2D eigenvalue weighted by Crippen LogP contribution is -2.58. The largest absolute Gasteiger partial charge is 0.493 e. The second-order valence-electron chi connectivity index (χ2n) is 14.1. The van der Waals surface area contributed by atoms with Crippen molar-refractivity contribution in [3.05, 3.63) is 29.8 Å². The van der Waals surface area contributed by atoms with Crippen LogP contribution >= 0.6 is 23.9 Å². The van der Waals surface area contributed by atoms with Crippen molar-refractivity contribution in [3.63, 3.8) is 0 Å². The van der Waals surface area contributed by atoms with Crippen LogP contribution in [0.1, 0.15) is 162 Å². The van der Waals surface area contributed by atoms with Gasteiger partial charge in [0.2, 0.25) is 0 Å². The Labute approximate surface area is 289 Å². The molecule has 2 aliphatic heterocycles. The molecule has 0 bridgehead atoms. The maximum Gasteiger partial charge on any atom is 0.179 e. The number of carbonyl (C=O) groups is 1. The van der Waals surface area contributed by atoms with Gasteiger partial charge in [-0.15, -0.1) is 0 Å². The molecule has 1 fully saturated rings. The van der Waals surface area contributed by atoms with E-state index in [0.717, 1.165) is 43.6 Å². The number of nitrogens with zero attached hydrogens (tertiary/aromatic N) is 3. The van der Waals surface area contributed by atoms with Crippen LogP contribution < -0.4 is 19.8 Å². The summed E-state index contributed by atoms with van der Waals surface area (Å²) in [7, 11) is 0. The molecule has 10 heteroatoms. The lowest BCUT2D eigenvalue weighted by Gasteiger charge is -2.35. The monoisotopic (exact) mass is 676 g/mol. The number of hydrogen-bond donors (Lipinski definition) is 3. The number of rotatable bonds is 23. The van der Waals surface area contributed by atoms with Crippen LogP contribution in [-0.2, 0) is 0 Å². The van der Waals surface area contributed by atoms with E-state index in [1.807, 2.05) is 34.5 Å². The Kier molecular flexibility index (Phi) is 17.2. The number of unbranched alkanes of at least 4 members (excludes halogenated alkanes) is 12. The molecule has 2 aliphatic rings. The van der Waals surface area contributed by atoms with E-state index in [4.69, 9.17) is 9.84 Å². The smallest absolute Gasteiger partial charge is 0.179 e. The number of hydrazine groups is 3. The maximum atomic E-state index is 14.6. The van der Waals surface area contributed by atoms with Gasteiger partial charge in [0.05, 0.1) is 18.2 Å². The topological polar surface area (TPSA) is 81.2 Å². The summed E-state index contributed by atoms with van der Waals surface area (Å²) in [5.41, 5.74) is 4.06. The highest BCUT2D eigenvalue weighted by atomic mass is 32.2. The van der Waals surface area contributed by atoms with E-state index in [2.05, 4.69) is 63.6 Å². The van der Waals surface area contributed by atoms with E-state index in [1.165, 1.54) is 88.1 Å². The van der Waals surface area contributed by atoms with Gasteiger partial charge in [0.25, 0.3) is 0 Å². The Morgan fingerprint density at radius 3 is 2.09 bits per heavy atom. The SMILES string of the molecule is CCCCCCCCCCCCCCOc1ccccc1C(=O)C(C1=NN(C(CC)CCCC)NS1)C1(C)NN(C(C)(C)C)NS1. The van der Waals surface area contributed by atoms with Crippen LogP contribution in [0.3, 0.4) is 0 Å². The number of hydrazone groups is 1. The Balaban J connectivity index is 1.64. The first-order valence-corrected chi connectivity index (χ1v) is 19.9. The van der Waals surface area contributed by atoms with Gasteiger partial charge in [0, 0.05) is 5.54 Å². The van der Waals surface area contributed by atoms with Crippen molar-refractivity contribution >= 4 is 34.7 Å². The fraction of sp³-hybridized carbons (Fsp3) is 0.778. The molecule has 3 N–H and O–H groups in total. The van der Waals surface area contributed by atoms with Crippen LogP contribution in [0.15, 0.2) is 29.4 Å². The summed E-state index contributed by atoms with van der Waals surface area (Å²) in [4.78, 5) is 20.8. The Morgan fingerprint density at radius 1 is 0.891 bits per heavy atom. The molecule has 2 heterocycles. The molecule has 0 radical (unpaired) electrons. The zero-order chi connectivity index (χ0) is 33.4. The molecule has 262 valence electrons. The van der Waals surface area contributed by atoms with Gasteiger partial charge in [-0.05, 0) is 83.0 Å². The molecule has 1 aromatic rings. The lowest BCUT2D eigenvalue weighted by molar-refractivity contribution is 0.0407. The number of nitrogens with one attached hydrogen (secondary N) is 3. The van der Waals surface area contributed by atoms with Crippen LogP contribution in [0, 0.1) is 5.92 Å². The molecular formula is C36H64N6O2S2. The zero-order valence-corrected chi connectivity index (χ0v) is 31.6. The highest BCUT2D eigenvalue weighted by molar-refractivity contribution is 8.12. The van der Waals surface area contributed by atoms with Crippen LogP contribution in [0.5, 0.6) is 5.75 Å². The molecule has 1 aromatic carbocycles. The predicted molar refractivity (Wildman–Crippen MR) is 198 cm³/mol. The standard InChI is InChI=1S/C36H64N6O2S2/c1-8-11-13-14-15-16-17-18-19-20-21-24-28-44-31-27-23-22-26-30(31)33(43)32(36(7)38-42(40-46-36)35(4,5)6)34-37-41(39-45-34)29(10-3)25-12-9-2/h22-23,26-27,29,32,38-40H,8-21,24-25,28H2,1-7H3. The van der Waals surface area contributed by atoms with Crippen molar-refractivity contribution in [1.29, 1.82) is 0 Å². The molecule has 0 aliphatic carbocycles. The highest BCUT2D eigenvalue weighted by Gasteiger charge is 2.51. The molecule has 1 saturated heterocycles. The fourth-order valence-electron chi connectivity index (χ4n) is 5.96. The van der Waals surface area contributed by atoms with Gasteiger partial charge < -0.3 is 4.74 Å². The minimum atomic E-state index is -0.665. The summed E-state index contributed by atoms with van der Waals surface area (Å²) in [5, 5.41) is 9.79. The van der Waals surface area contributed by atoms with Gasteiger partial charge in [-0.25, -0.2) is 10.5 Å². The van der Waals surface area contributed by atoms with E-state index in [-0.39, 0.29) is 17.4 Å². The van der Waals surface area contributed by atoms with Crippen molar-refractivity contribution in [2.24, 2.45) is 11.0 Å². The number of ketones is 1. The summed E-state index contributed by atoms with van der Waals surface area (Å²) in [6.45, 7) is 15.8. The summed E-state index contributed by atoms with van der Waals surface area (Å²) in [6, 6.07) is 8.03. The van der Waals surface area contributed by atoms with Crippen molar-refractivity contribution in [1.82, 2.24) is 25.3 Å². The number of ether oxygens (including phenoxy) is 1. The van der Waals surface area contributed by atoms with Gasteiger partial charge in [-0.3, -0.25) is 4.79 Å². The summed E-state index contributed by atoms with van der Waals surface area (Å²) < 4.78 is 6.31. The van der Waals surface area contributed by atoms with Crippen molar-refractivity contribution in [2.45, 2.75) is 168 Å². The third kappa shape index (κ3) is 12.0. The first-order chi connectivity index (χ1) is 22.1. The molecule has 8 nitrogen and oxygen atoms in total. The molecular weight excluding hydrogens is 613 g/mol. The van der Waals surface area contributed by atoms with Crippen molar-refractivity contribution in [3.8, 4) is 5.75 Å². The van der Waals surface area contributed by atoms with Crippen LogP contribution in [-0.4, -0.2) is 44.1 Å². The third-order valence-electron chi connectivity index (χ3n) is 8.98. The van der Waals surface area contributed by atoms with E-state index in [9.17, 15) is 4.79 Å². The minimum absolute atomic E-state index is 0.0156. The number of carbonyl (C=O) groups excluding carboxylic acids is 1. The van der Waals surface area contributed by atoms with Crippen molar-refractivity contribution < 1.29 is 9.53 Å². The highest BCUT2D eigenvalue weighted by Crippen LogP contribution is 2.42. The predicted octanol–water partition coefficient (Wildman–Crippen LogP) is 9.80. The quantitative estimate of drug-likeness (QED) is 0.0596. The Hall–Kier alpha value is -1.30. The number of para-hydroxylation sites is 1.